The molecular formula is C31H62O8. The molecule has 0 aliphatic carbocycles. The predicted molar refractivity (Wildman–Crippen MR) is 159 cm³/mol. The highest BCUT2D eigenvalue weighted by atomic mass is 16.4. The summed E-state index contributed by atoms with van der Waals surface area (Å²) in [5.41, 5.74) is 0.245. The molecule has 0 aromatic heterocycles. The van der Waals surface area contributed by atoms with Gasteiger partial charge in [-0.25, -0.2) is 0 Å². The van der Waals surface area contributed by atoms with Gasteiger partial charge >= 0.3 is 23.9 Å². The van der Waals surface area contributed by atoms with Crippen molar-refractivity contribution in [3.8, 4) is 0 Å². The van der Waals surface area contributed by atoms with Gasteiger partial charge in [0.25, 0.3) is 0 Å². The average molecular weight is 563 g/mol. The number of rotatable bonds is 16. The lowest BCUT2D eigenvalue weighted by molar-refractivity contribution is -0.143. The number of hydrogen-bond donors (Lipinski definition) is 4. The van der Waals surface area contributed by atoms with Crippen LogP contribution in [0.3, 0.4) is 0 Å². The van der Waals surface area contributed by atoms with Gasteiger partial charge in [0.1, 0.15) is 0 Å². The molecule has 4 N–H and O–H groups in total. The smallest absolute Gasteiger partial charge is 0.306 e. The van der Waals surface area contributed by atoms with E-state index in [9.17, 15) is 19.2 Å². The van der Waals surface area contributed by atoms with Crippen LogP contribution in [-0.4, -0.2) is 44.3 Å². The van der Waals surface area contributed by atoms with Gasteiger partial charge in [0.15, 0.2) is 0 Å². The molecule has 4 unspecified atom stereocenters. The van der Waals surface area contributed by atoms with Crippen LogP contribution < -0.4 is 0 Å². The van der Waals surface area contributed by atoms with Gasteiger partial charge < -0.3 is 20.4 Å². The highest BCUT2D eigenvalue weighted by molar-refractivity contribution is 5.70. The summed E-state index contributed by atoms with van der Waals surface area (Å²) in [6, 6.07) is 0. The fourth-order valence-electron chi connectivity index (χ4n) is 3.85. The van der Waals surface area contributed by atoms with E-state index in [1.165, 1.54) is 0 Å². The van der Waals surface area contributed by atoms with E-state index in [2.05, 4.69) is 34.6 Å². The van der Waals surface area contributed by atoms with Crippen molar-refractivity contribution >= 4 is 23.9 Å². The number of carboxylic acids is 4. The predicted octanol–water partition coefficient (Wildman–Crippen LogP) is 8.62. The summed E-state index contributed by atoms with van der Waals surface area (Å²) < 4.78 is 0. The summed E-state index contributed by atoms with van der Waals surface area (Å²) in [7, 11) is 0. The third-order valence-electron chi connectivity index (χ3n) is 6.12. The van der Waals surface area contributed by atoms with E-state index < -0.39 is 23.9 Å². The number of unbranched alkanes of at least 4 members (excludes halogenated alkanes) is 2. The Labute approximate surface area is 239 Å². The summed E-state index contributed by atoms with van der Waals surface area (Å²) in [6.45, 7) is 20.1. The second kappa shape index (κ2) is 27.4. The maximum absolute atomic E-state index is 10.4. The van der Waals surface area contributed by atoms with E-state index in [1.54, 1.807) is 6.92 Å². The molecule has 0 spiro atoms. The van der Waals surface area contributed by atoms with Crippen molar-refractivity contribution in [1.29, 1.82) is 0 Å². The molecule has 0 rings (SSSR count). The van der Waals surface area contributed by atoms with Crippen molar-refractivity contribution in [3.05, 3.63) is 0 Å². The fourth-order valence-corrected chi connectivity index (χ4v) is 3.85. The molecule has 0 radical (unpaired) electrons. The van der Waals surface area contributed by atoms with Crippen LogP contribution in [0.4, 0.5) is 0 Å². The second-order valence-electron chi connectivity index (χ2n) is 11.7. The molecule has 39 heavy (non-hydrogen) atoms. The Hall–Kier alpha value is -2.12. The van der Waals surface area contributed by atoms with Gasteiger partial charge in [-0.05, 0) is 49.9 Å². The molecule has 0 bridgehead atoms. The zero-order valence-electron chi connectivity index (χ0n) is 26.7. The quantitative estimate of drug-likeness (QED) is 0.146. The molecule has 0 saturated heterocycles. The van der Waals surface area contributed by atoms with Gasteiger partial charge in [-0.3, -0.25) is 19.2 Å². The minimum Gasteiger partial charge on any atom is -0.481 e. The topological polar surface area (TPSA) is 149 Å². The third kappa shape index (κ3) is 35.9. The number of aliphatic carboxylic acids is 4. The van der Waals surface area contributed by atoms with Crippen LogP contribution in [0.5, 0.6) is 0 Å². The van der Waals surface area contributed by atoms with Crippen molar-refractivity contribution in [3.63, 3.8) is 0 Å². The Balaban J connectivity index is -0.000000210. The third-order valence-corrected chi connectivity index (χ3v) is 6.12. The standard InChI is InChI=1S/C9H18O2.C8H16O2.2C7H14O2/c1-7(5-8(10)11)6-9(2,3)4;1-3-5-6-7(4-2)8(9)10;1-3-4-5-6(2)7(8)9;1-3-5-6(4-2)7(8)9/h7H,5-6H2,1-4H3,(H,10,11);7H,3-6H2,1-2H3,(H,9,10);2*6H,3-5H2,1-2H3,(H,8,9). The lowest BCUT2D eigenvalue weighted by Crippen LogP contribution is -2.13. The van der Waals surface area contributed by atoms with Crippen molar-refractivity contribution in [2.24, 2.45) is 29.1 Å². The molecule has 0 saturated carbocycles. The van der Waals surface area contributed by atoms with Gasteiger partial charge in [0.2, 0.25) is 0 Å². The van der Waals surface area contributed by atoms with Crippen LogP contribution in [0.25, 0.3) is 0 Å². The van der Waals surface area contributed by atoms with Gasteiger partial charge in [-0.15, -0.1) is 0 Å². The van der Waals surface area contributed by atoms with Gasteiger partial charge in [0, 0.05) is 6.42 Å². The lowest BCUT2D eigenvalue weighted by atomic mass is 9.84. The fraction of sp³-hybridized carbons (Fsp3) is 0.871. The monoisotopic (exact) mass is 562 g/mol. The van der Waals surface area contributed by atoms with E-state index in [-0.39, 0.29) is 35.5 Å². The normalized spacial score (nSPS) is 13.5. The first-order valence-corrected chi connectivity index (χ1v) is 14.8. The van der Waals surface area contributed by atoms with Crippen molar-refractivity contribution in [1.82, 2.24) is 0 Å². The van der Waals surface area contributed by atoms with Crippen molar-refractivity contribution in [2.45, 2.75) is 146 Å². The van der Waals surface area contributed by atoms with Crippen LogP contribution >= 0.6 is 0 Å². The van der Waals surface area contributed by atoms with Gasteiger partial charge in [-0.1, -0.05) is 101 Å². The highest BCUT2D eigenvalue weighted by Gasteiger charge is 2.17. The number of carbonyl (C=O) groups is 4. The zero-order chi connectivity index (χ0) is 31.6. The van der Waals surface area contributed by atoms with E-state index in [4.69, 9.17) is 20.4 Å². The molecule has 0 heterocycles. The van der Waals surface area contributed by atoms with E-state index in [0.29, 0.717) is 0 Å². The molecule has 0 amide bonds. The van der Waals surface area contributed by atoms with Gasteiger partial charge in [0.05, 0.1) is 17.8 Å². The summed E-state index contributed by atoms with van der Waals surface area (Å²) >= 11 is 0. The number of carboxylic acid groups (broad SMARTS) is 4. The lowest BCUT2D eigenvalue weighted by Gasteiger charge is -2.21. The summed E-state index contributed by atoms with van der Waals surface area (Å²) in [5, 5.41) is 34.0. The molecule has 0 aliphatic heterocycles. The van der Waals surface area contributed by atoms with Crippen LogP contribution in [0, 0.1) is 29.1 Å². The van der Waals surface area contributed by atoms with Crippen LogP contribution in [0.1, 0.15) is 146 Å². The van der Waals surface area contributed by atoms with E-state index in [0.717, 1.165) is 70.6 Å². The Morgan fingerprint density at radius 1 is 0.615 bits per heavy atom. The highest BCUT2D eigenvalue weighted by Crippen LogP contribution is 2.25. The van der Waals surface area contributed by atoms with Crippen LogP contribution in [0.2, 0.25) is 0 Å². The Kier molecular flexibility index (Phi) is 30.9. The first-order chi connectivity index (χ1) is 17.9. The molecule has 234 valence electrons. The Morgan fingerprint density at radius 2 is 1.03 bits per heavy atom. The minimum absolute atomic E-state index is 0.111. The Morgan fingerprint density at radius 3 is 1.28 bits per heavy atom. The molecule has 0 aliphatic rings. The minimum atomic E-state index is -0.693. The van der Waals surface area contributed by atoms with Crippen LogP contribution in [0.15, 0.2) is 0 Å². The SMILES string of the molecule is CC(CC(=O)O)CC(C)(C)C.CCCC(CC)C(=O)O.CCCCC(C)C(=O)O.CCCCC(CC)C(=O)O. The molecule has 8 heteroatoms. The molecule has 4 atom stereocenters. The molecule has 0 aromatic carbocycles. The van der Waals surface area contributed by atoms with Gasteiger partial charge in [-0.2, -0.15) is 0 Å². The maximum Gasteiger partial charge on any atom is 0.306 e. The number of hydrogen-bond acceptors (Lipinski definition) is 4. The zero-order valence-corrected chi connectivity index (χ0v) is 26.7. The van der Waals surface area contributed by atoms with Crippen molar-refractivity contribution < 1.29 is 39.6 Å². The van der Waals surface area contributed by atoms with E-state index >= 15 is 0 Å². The summed E-state index contributed by atoms with van der Waals surface area (Å²) in [5.74, 6) is -2.77. The van der Waals surface area contributed by atoms with Crippen LogP contribution in [-0.2, 0) is 19.2 Å². The molecule has 0 aromatic rings. The maximum atomic E-state index is 10.4. The largest absolute Gasteiger partial charge is 0.481 e. The van der Waals surface area contributed by atoms with Crippen molar-refractivity contribution in [2.75, 3.05) is 0 Å². The first kappa shape index (κ1) is 43.9. The second-order valence-corrected chi connectivity index (χ2v) is 11.7. The molecular weight excluding hydrogens is 500 g/mol. The average Bonchev–Trinajstić information content (AvgIpc) is 2.80. The summed E-state index contributed by atoms with van der Waals surface area (Å²) in [6.07, 6.45) is 10.4. The molecule has 8 nitrogen and oxygen atoms in total. The Bertz CT molecular complexity index is 625. The summed E-state index contributed by atoms with van der Waals surface area (Å²) in [4.78, 5) is 41.3. The first-order valence-electron chi connectivity index (χ1n) is 14.8. The molecule has 0 fully saturated rings. The van der Waals surface area contributed by atoms with E-state index in [1.807, 2.05) is 27.7 Å².